The molecule has 0 fully saturated rings. The number of aliphatic hydroxyl groups excluding tert-OH is 1. The third kappa shape index (κ3) is 5.78. The van der Waals surface area contributed by atoms with Crippen LogP contribution < -0.4 is 4.74 Å². The van der Waals surface area contributed by atoms with Gasteiger partial charge in [-0.05, 0) is 61.9 Å². The van der Waals surface area contributed by atoms with Crippen LogP contribution in [0.3, 0.4) is 0 Å². The van der Waals surface area contributed by atoms with Crippen molar-refractivity contribution < 1.29 is 18.3 Å². The van der Waals surface area contributed by atoms with E-state index in [0.717, 1.165) is 28.8 Å². The van der Waals surface area contributed by atoms with Crippen molar-refractivity contribution in [2.24, 2.45) is 5.92 Å². The number of likely N-dealkylation sites (N-methyl/N-ethyl adjacent to an activating group) is 1. The van der Waals surface area contributed by atoms with Gasteiger partial charge in [0, 0.05) is 44.0 Å². The van der Waals surface area contributed by atoms with Gasteiger partial charge in [-0.3, -0.25) is 9.88 Å². The number of aryl methyl sites for hydroxylation is 1. The number of hydrogen-bond acceptors (Lipinski definition) is 6. The van der Waals surface area contributed by atoms with Gasteiger partial charge in [-0.2, -0.15) is 4.31 Å². The second-order valence-corrected chi connectivity index (χ2v) is 11.7. The van der Waals surface area contributed by atoms with Crippen molar-refractivity contribution >= 4 is 10.0 Å². The molecule has 0 amide bonds. The first-order valence-corrected chi connectivity index (χ1v) is 13.7. The van der Waals surface area contributed by atoms with Crippen LogP contribution in [0.15, 0.2) is 71.9 Å². The Balaban J connectivity index is 1.72. The summed E-state index contributed by atoms with van der Waals surface area (Å²) in [7, 11) is -1.83. The number of pyridine rings is 1. The zero-order valence-electron chi connectivity index (χ0n) is 21.3. The molecule has 0 saturated carbocycles. The summed E-state index contributed by atoms with van der Waals surface area (Å²) in [6.07, 6.45) is 3.30. The third-order valence-electron chi connectivity index (χ3n) is 6.75. The van der Waals surface area contributed by atoms with Crippen molar-refractivity contribution in [3.63, 3.8) is 0 Å². The number of sulfonamides is 1. The molecular weight excluding hydrogens is 474 g/mol. The molecular formula is C28H35N3O4S. The van der Waals surface area contributed by atoms with E-state index in [1.165, 1.54) is 4.31 Å². The Morgan fingerprint density at radius 3 is 2.44 bits per heavy atom. The molecule has 0 spiro atoms. The average molecular weight is 510 g/mol. The molecule has 1 aliphatic rings. The smallest absolute Gasteiger partial charge is 0.247 e. The van der Waals surface area contributed by atoms with Gasteiger partial charge in [0.1, 0.15) is 16.7 Å². The number of nitrogens with zero attached hydrogens (tertiary/aromatic N) is 3. The maximum atomic E-state index is 13.7. The molecule has 0 unspecified atom stereocenters. The fraction of sp³-hybridized carbons (Fsp3) is 0.393. The minimum atomic E-state index is -3.87. The lowest BCUT2D eigenvalue weighted by molar-refractivity contribution is 0.0734. The van der Waals surface area contributed by atoms with Crippen molar-refractivity contribution in [2.75, 3.05) is 26.7 Å². The van der Waals surface area contributed by atoms with Gasteiger partial charge < -0.3 is 9.84 Å². The minimum absolute atomic E-state index is 0.107. The predicted molar refractivity (Wildman–Crippen MR) is 141 cm³/mol. The zero-order valence-corrected chi connectivity index (χ0v) is 22.1. The predicted octanol–water partition coefficient (Wildman–Crippen LogP) is 3.96. The molecule has 2 aromatic carbocycles. The van der Waals surface area contributed by atoms with Crippen LogP contribution in [0.1, 0.15) is 25.0 Å². The lowest BCUT2D eigenvalue weighted by Gasteiger charge is -2.37. The SMILES string of the molecule is Cc1ccc(-c2ccc3c(c2)O[C@@H](CN(C)Cc2ccncc2)[C@@H](C)CN([C@@H](C)CO)S3(=O)=O)cc1. The van der Waals surface area contributed by atoms with E-state index < -0.39 is 16.1 Å². The van der Waals surface area contributed by atoms with Crippen LogP contribution in [0, 0.1) is 12.8 Å². The largest absolute Gasteiger partial charge is 0.487 e. The number of hydrogen-bond donors (Lipinski definition) is 1. The van der Waals surface area contributed by atoms with Crippen molar-refractivity contribution in [3.05, 3.63) is 78.1 Å². The Morgan fingerprint density at radius 1 is 1.11 bits per heavy atom. The molecule has 8 heteroatoms. The summed E-state index contributed by atoms with van der Waals surface area (Å²) < 4.78 is 35.3. The summed E-state index contributed by atoms with van der Waals surface area (Å²) in [5.41, 5.74) is 4.18. The van der Waals surface area contributed by atoms with Gasteiger partial charge in [-0.15, -0.1) is 0 Å². The van der Waals surface area contributed by atoms with Crippen molar-refractivity contribution in [1.29, 1.82) is 0 Å². The summed E-state index contributed by atoms with van der Waals surface area (Å²) in [5.74, 6) is 0.238. The molecule has 1 N–H and O–H groups in total. The summed E-state index contributed by atoms with van der Waals surface area (Å²) in [6, 6.07) is 16.8. The molecule has 7 nitrogen and oxygen atoms in total. The van der Waals surface area contributed by atoms with Gasteiger partial charge in [-0.1, -0.05) is 42.8 Å². The zero-order chi connectivity index (χ0) is 25.9. The fourth-order valence-corrected chi connectivity index (χ4v) is 6.37. The quantitative estimate of drug-likeness (QED) is 0.519. The van der Waals surface area contributed by atoms with Crippen LogP contribution in [0.2, 0.25) is 0 Å². The summed E-state index contributed by atoms with van der Waals surface area (Å²) in [4.78, 5) is 6.39. The maximum absolute atomic E-state index is 13.7. The Bertz CT molecular complexity index is 1270. The second-order valence-electron chi connectivity index (χ2n) is 9.82. The molecule has 2 heterocycles. The summed E-state index contributed by atoms with van der Waals surface area (Å²) in [5, 5.41) is 9.86. The van der Waals surface area contributed by atoms with Crippen LogP contribution in [-0.2, 0) is 16.6 Å². The molecule has 0 radical (unpaired) electrons. The maximum Gasteiger partial charge on any atom is 0.247 e. The number of rotatable bonds is 7. The van der Waals surface area contributed by atoms with E-state index in [9.17, 15) is 13.5 Å². The lowest BCUT2D eigenvalue weighted by atomic mass is 10.0. The number of aromatic nitrogens is 1. The highest BCUT2D eigenvalue weighted by Crippen LogP contribution is 2.36. The van der Waals surface area contributed by atoms with Gasteiger partial charge in [0.15, 0.2) is 0 Å². The summed E-state index contributed by atoms with van der Waals surface area (Å²) >= 11 is 0. The molecule has 3 atom stereocenters. The molecule has 1 aromatic heterocycles. The third-order valence-corrected chi connectivity index (χ3v) is 8.77. The molecule has 0 saturated heterocycles. The molecule has 4 rings (SSSR count). The van der Waals surface area contributed by atoms with E-state index >= 15 is 0 Å². The fourth-order valence-electron chi connectivity index (χ4n) is 4.54. The Hall–Kier alpha value is -2.78. The molecule has 1 aliphatic heterocycles. The highest BCUT2D eigenvalue weighted by molar-refractivity contribution is 7.89. The Kier molecular flexibility index (Phi) is 8.10. The van der Waals surface area contributed by atoms with Crippen LogP contribution in [0.5, 0.6) is 5.75 Å². The first-order chi connectivity index (χ1) is 17.2. The Labute approximate surface area is 214 Å². The van der Waals surface area contributed by atoms with Gasteiger partial charge in [0.05, 0.1) is 6.61 Å². The molecule has 36 heavy (non-hydrogen) atoms. The first kappa shape index (κ1) is 26.3. The van der Waals surface area contributed by atoms with E-state index in [1.54, 1.807) is 25.4 Å². The molecule has 0 aliphatic carbocycles. The second kappa shape index (κ2) is 11.1. The lowest BCUT2D eigenvalue weighted by Crippen LogP contribution is -2.49. The monoisotopic (exact) mass is 509 g/mol. The highest BCUT2D eigenvalue weighted by Gasteiger charge is 2.38. The summed E-state index contributed by atoms with van der Waals surface area (Å²) in [6.45, 7) is 7.11. The van der Waals surface area contributed by atoms with Crippen LogP contribution in [-0.4, -0.2) is 66.6 Å². The van der Waals surface area contributed by atoms with E-state index in [4.69, 9.17) is 4.74 Å². The van der Waals surface area contributed by atoms with E-state index in [-0.39, 0.29) is 30.1 Å². The normalized spacial score (nSPS) is 20.7. The van der Waals surface area contributed by atoms with Crippen LogP contribution in [0.25, 0.3) is 11.1 Å². The van der Waals surface area contributed by atoms with Crippen molar-refractivity contribution in [3.8, 4) is 16.9 Å². The van der Waals surface area contributed by atoms with Gasteiger partial charge >= 0.3 is 0 Å². The van der Waals surface area contributed by atoms with E-state index in [0.29, 0.717) is 12.3 Å². The molecule has 3 aromatic rings. The average Bonchev–Trinajstić information content (AvgIpc) is 2.86. The number of benzene rings is 2. The molecule has 192 valence electrons. The molecule has 0 bridgehead atoms. The van der Waals surface area contributed by atoms with Crippen LogP contribution >= 0.6 is 0 Å². The van der Waals surface area contributed by atoms with Crippen LogP contribution in [0.4, 0.5) is 0 Å². The number of fused-ring (bicyclic) bond motifs is 1. The number of ether oxygens (including phenoxy) is 1. The van der Waals surface area contributed by atoms with Gasteiger partial charge in [0.25, 0.3) is 0 Å². The Morgan fingerprint density at radius 2 is 1.78 bits per heavy atom. The minimum Gasteiger partial charge on any atom is -0.487 e. The van der Waals surface area contributed by atoms with E-state index in [2.05, 4.69) is 9.88 Å². The van der Waals surface area contributed by atoms with Crippen molar-refractivity contribution in [2.45, 2.75) is 44.4 Å². The van der Waals surface area contributed by atoms with Gasteiger partial charge in [0.2, 0.25) is 10.0 Å². The standard InChI is InChI=1S/C28H35N3O4S/c1-20-5-7-24(8-6-20)25-9-10-28-26(15-25)35-27(18-30(4)17-23-11-13-29-14-12-23)21(2)16-31(22(3)19-32)36(28,33)34/h5-15,21-22,27,32H,16-19H2,1-4H3/t21-,22-,27-/m0/s1. The van der Waals surface area contributed by atoms with Gasteiger partial charge in [-0.25, -0.2) is 8.42 Å². The number of aliphatic hydroxyl groups is 1. The van der Waals surface area contributed by atoms with Crippen molar-refractivity contribution in [1.82, 2.24) is 14.2 Å². The highest BCUT2D eigenvalue weighted by atomic mass is 32.2. The first-order valence-electron chi connectivity index (χ1n) is 12.3. The topological polar surface area (TPSA) is 83.0 Å². The van der Waals surface area contributed by atoms with E-state index in [1.807, 2.05) is 69.4 Å².